The molecular weight excluding hydrogens is 793 g/mol. The molecule has 65 heavy (non-hydrogen) atoms. The Bertz CT molecular complexity index is 4280. The van der Waals surface area contributed by atoms with Gasteiger partial charge >= 0.3 is 0 Å². The second-order valence-electron chi connectivity index (χ2n) is 17.8. The molecule has 0 saturated heterocycles. The molecule has 4 nitrogen and oxygen atoms in total. The number of hydrogen-bond donors (Lipinski definition) is 0. The summed E-state index contributed by atoms with van der Waals surface area (Å²) in [5, 5.41) is 9.24. The first-order chi connectivity index (χ1) is 32.3. The number of rotatable bonds is 2. The number of nitrogens with zero attached hydrogens (tertiary/aromatic N) is 2. The zero-order valence-corrected chi connectivity index (χ0v) is 34.8. The van der Waals surface area contributed by atoms with Crippen LogP contribution in [-0.2, 0) is 5.41 Å². The minimum absolute atomic E-state index is 0.724. The Hall–Kier alpha value is -8.60. The van der Waals surface area contributed by atoms with E-state index in [1.54, 1.807) is 0 Å². The van der Waals surface area contributed by atoms with Crippen molar-refractivity contribution in [2.24, 2.45) is 0 Å². The predicted molar refractivity (Wildman–Crippen MR) is 266 cm³/mol. The average Bonchev–Trinajstić information content (AvgIpc) is 4.20. The predicted octanol–water partition coefficient (Wildman–Crippen LogP) is 16.0. The Morgan fingerprint density at radius 2 is 0.692 bits per heavy atom. The Balaban J connectivity index is 1.18. The minimum Gasteiger partial charge on any atom is -0.455 e. The molecule has 16 rings (SSSR count). The van der Waals surface area contributed by atoms with Gasteiger partial charge in [-0.3, -0.25) is 0 Å². The van der Waals surface area contributed by atoms with Crippen LogP contribution in [-0.4, -0.2) is 9.13 Å². The van der Waals surface area contributed by atoms with Crippen molar-refractivity contribution >= 4 is 87.5 Å². The lowest BCUT2D eigenvalue weighted by molar-refractivity contribution is 0.666. The summed E-state index contributed by atoms with van der Waals surface area (Å²) in [6, 6.07) is 75.6. The fraction of sp³-hybridized carbons (Fsp3) is 0.0164. The number of furan rings is 2. The topological polar surface area (TPSA) is 36.1 Å². The quantitative estimate of drug-likeness (QED) is 0.174. The molecule has 2 aliphatic rings. The highest BCUT2D eigenvalue weighted by atomic mass is 16.3. The van der Waals surface area contributed by atoms with Crippen LogP contribution in [0.15, 0.2) is 215 Å². The van der Waals surface area contributed by atoms with E-state index in [-0.39, 0.29) is 0 Å². The SMILES string of the molecule is c1ccc2c(c1)-c1ccccc1C21c2cc(-n3c4ccccc4c4ccccc43)c3c(oc4ccccc43)c2-c2c1cc(-n1c3ccccc3c3ccccc31)c1oc3ccccc3c21. The maximum Gasteiger partial charge on any atom is 0.160 e. The molecule has 0 atom stereocenters. The zero-order valence-electron chi connectivity index (χ0n) is 34.8. The van der Waals surface area contributed by atoms with E-state index < -0.39 is 5.41 Å². The molecule has 0 aliphatic heterocycles. The molecule has 10 aromatic carbocycles. The van der Waals surface area contributed by atoms with Crippen molar-refractivity contribution in [2.45, 2.75) is 5.41 Å². The fourth-order valence-electron chi connectivity index (χ4n) is 12.5. The molecule has 0 fully saturated rings. The standard InChI is InChI=1S/C61H34N2O2/c1-9-25-43-35(17-1)36-18-2-10-26-44(36)61(43)45-34-52(63-49-29-13-5-21-39(49)40-22-6-14-30-50(40)63)59-56(42-24-8-16-32-54(42)64-59)57(45)58-46(61)33-51(55-41-23-7-15-31-53(41)65-60(55)58)62-47-27-11-3-19-37(47)38-20-4-12-28-48(38)62/h1-34H. The average molecular weight is 827 g/mol. The first-order valence-electron chi connectivity index (χ1n) is 22.4. The van der Waals surface area contributed by atoms with Gasteiger partial charge in [0.1, 0.15) is 16.7 Å². The van der Waals surface area contributed by atoms with Gasteiger partial charge in [-0.25, -0.2) is 0 Å². The highest BCUT2D eigenvalue weighted by Crippen LogP contribution is 2.67. The largest absolute Gasteiger partial charge is 0.455 e. The van der Waals surface area contributed by atoms with E-state index >= 15 is 0 Å². The third kappa shape index (κ3) is 3.97. The van der Waals surface area contributed by atoms with E-state index in [1.807, 2.05) is 0 Å². The first kappa shape index (κ1) is 34.0. The summed E-state index contributed by atoms with van der Waals surface area (Å²) in [4.78, 5) is 0. The summed E-state index contributed by atoms with van der Waals surface area (Å²) in [5.41, 5.74) is 19.2. The van der Waals surface area contributed by atoms with Gasteiger partial charge in [-0.1, -0.05) is 158 Å². The number of aromatic nitrogens is 2. The first-order valence-corrected chi connectivity index (χ1v) is 22.4. The lowest BCUT2D eigenvalue weighted by Gasteiger charge is -2.31. The second-order valence-corrected chi connectivity index (χ2v) is 17.8. The van der Waals surface area contributed by atoms with Gasteiger partial charge in [-0.2, -0.15) is 0 Å². The van der Waals surface area contributed by atoms with Crippen molar-refractivity contribution in [3.05, 3.63) is 229 Å². The van der Waals surface area contributed by atoms with Crippen LogP contribution in [0.1, 0.15) is 22.3 Å². The summed E-state index contributed by atoms with van der Waals surface area (Å²) < 4.78 is 19.6. The van der Waals surface area contributed by atoms with Crippen LogP contribution in [0.4, 0.5) is 0 Å². The third-order valence-electron chi connectivity index (χ3n) is 14.9. The minimum atomic E-state index is -0.724. The van der Waals surface area contributed by atoms with Gasteiger partial charge in [-0.05, 0) is 81.9 Å². The molecule has 4 aromatic heterocycles. The van der Waals surface area contributed by atoms with Crippen molar-refractivity contribution < 1.29 is 8.83 Å². The van der Waals surface area contributed by atoms with E-state index in [0.717, 1.165) is 88.4 Å². The van der Waals surface area contributed by atoms with Crippen LogP contribution in [0.2, 0.25) is 0 Å². The van der Waals surface area contributed by atoms with Crippen LogP contribution in [0.5, 0.6) is 0 Å². The van der Waals surface area contributed by atoms with E-state index in [1.165, 1.54) is 54.9 Å². The molecule has 1 spiro atoms. The lowest BCUT2D eigenvalue weighted by atomic mass is 9.70. The van der Waals surface area contributed by atoms with Gasteiger partial charge in [0.05, 0.1) is 44.2 Å². The summed E-state index contributed by atoms with van der Waals surface area (Å²) >= 11 is 0. The lowest BCUT2D eigenvalue weighted by Crippen LogP contribution is -2.26. The van der Waals surface area contributed by atoms with Gasteiger partial charge in [0.2, 0.25) is 0 Å². The van der Waals surface area contributed by atoms with Gasteiger partial charge in [0.15, 0.2) is 5.58 Å². The van der Waals surface area contributed by atoms with E-state index in [0.29, 0.717) is 0 Å². The number of hydrogen-bond acceptors (Lipinski definition) is 2. The highest BCUT2D eigenvalue weighted by Gasteiger charge is 2.54. The monoisotopic (exact) mass is 826 g/mol. The summed E-state index contributed by atoms with van der Waals surface area (Å²) in [6.45, 7) is 0. The molecule has 0 N–H and O–H groups in total. The molecule has 4 heteroatoms. The Kier molecular flexibility index (Phi) is 6.21. The second kappa shape index (κ2) is 11.9. The maximum atomic E-state index is 7.40. The molecule has 0 saturated carbocycles. The molecule has 4 heterocycles. The molecular formula is C61H34N2O2. The maximum absolute atomic E-state index is 7.40. The van der Waals surface area contributed by atoms with Gasteiger partial charge in [0, 0.05) is 48.8 Å². The van der Waals surface area contributed by atoms with Crippen LogP contribution in [0.3, 0.4) is 0 Å². The normalized spacial score (nSPS) is 13.7. The molecule has 2 aliphatic carbocycles. The number of benzene rings is 10. The van der Waals surface area contributed by atoms with Gasteiger partial charge in [0.25, 0.3) is 0 Å². The zero-order chi connectivity index (χ0) is 42.1. The van der Waals surface area contributed by atoms with Crippen molar-refractivity contribution in [3.8, 4) is 33.6 Å². The Labute approximate surface area is 371 Å². The van der Waals surface area contributed by atoms with Crippen molar-refractivity contribution in [2.75, 3.05) is 0 Å². The van der Waals surface area contributed by atoms with Crippen molar-refractivity contribution in [3.63, 3.8) is 0 Å². The van der Waals surface area contributed by atoms with Gasteiger partial charge in [-0.15, -0.1) is 0 Å². The number of fused-ring (bicyclic) bond motifs is 24. The summed E-state index contributed by atoms with van der Waals surface area (Å²) in [6.07, 6.45) is 0. The molecule has 0 amide bonds. The fourth-order valence-corrected chi connectivity index (χ4v) is 12.5. The molecule has 0 radical (unpaired) electrons. The van der Waals surface area contributed by atoms with Crippen molar-refractivity contribution in [1.82, 2.24) is 9.13 Å². The molecule has 0 unspecified atom stereocenters. The van der Waals surface area contributed by atoms with Gasteiger partial charge < -0.3 is 18.0 Å². The van der Waals surface area contributed by atoms with E-state index in [4.69, 9.17) is 8.83 Å². The highest BCUT2D eigenvalue weighted by molar-refractivity contribution is 6.25. The molecule has 300 valence electrons. The van der Waals surface area contributed by atoms with Crippen LogP contribution in [0, 0.1) is 0 Å². The summed E-state index contributed by atoms with van der Waals surface area (Å²) in [5.74, 6) is 0. The Morgan fingerprint density at radius 1 is 0.308 bits per heavy atom. The van der Waals surface area contributed by atoms with Crippen LogP contribution >= 0.6 is 0 Å². The smallest absolute Gasteiger partial charge is 0.160 e. The molecule has 14 aromatic rings. The van der Waals surface area contributed by atoms with Crippen LogP contribution < -0.4 is 0 Å². The van der Waals surface area contributed by atoms with E-state index in [9.17, 15) is 0 Å². The van der Waals surface area contributed by atoms with Crippen molar-refractivity contribution in [1.29, 1.82) is 0 Å². The number of para-hydroxylation sites is 6. The molecule has 0 bridgehead atoms. The Morgan fingerprint density at radius 3 is 1.23 bits per heavy atom. The summed E-state index contributed by atoms with van der Waals surface area (Å²) in [7, 11) is 0. The van der Waals surface area contributed by atoms with E-state index in [2.05, 4.69) is 215 Å². The van der Waals surface area contributed by atoms with Crippen LogP contribution in [0.25, 0.3) is 121 Å². The third-order valence-corrected chi connectivity index (χ3v) is 14.9.